The molecule has 1 atom stereocenters. The van der Waals surface area contributed by atoms with Crippen LogP contribution in [-0.4, -0.2) is 47.9 Å². The standard InChI is InChI=1S/C14H26N2O/c1-12-6-10-16(11-7-12)14(17)13(2)15-8-4-3-5-9-15/h12-13H,3-11H2,1-2H3. The van der Waals surface area contributed by atoms with Crippen LogP contribution in [0.4, 0.5) is 0 Å². The van der Waals surface area contributed by atoms with E-state index in [1.54, 1.807) is 0 Å². The Balaban J connectivity index is 1.85. The van der Waals surface area contributed by atoms with E-state index in [0.29, 0.717) is 5.91 Å². The van der Waals surface area contributed by atoms with Crippen LogP contribution in [0.15, 0.2) is 0 Å². The molecule has 17 heavy (non-hydrogen) atoms. The molecular formula is C14H26N2O. The highest BCUT2D eigenvalue weighted by molar-refractivity contribution is 5.81. The van der Waals surface area contributed by atoms with E-state index in [1.165, 1.54) is 32.1 Å². The van der Waals surface area contributed by atoms with Crippen LogP contribution < -0.4 is 0 Å². The van der Waals surface area contributed by atoms with Crippen molar-refractivity contribution in [1.82, 2.24) is 9.80 Å². The number of rotatable bonds is 2. The predicted octanol–water partition coefficient (Wildman–Crippen LogP) is 2.12. The fourth-order valence-electron chi connectivity index (χ4n) is 2.96. The number of likely N-dealkylation sites (tertiary alicyclic amines) is 2. The summed E-state index contributed by atoms with van der Waals surface area (Å²) in [6.45, 7) is 8.53. The Kier molecular flexibility index (Phi) is 4.43. The van der Waals surface area contributed by atoms with Gasteiger partial charge in [-0.25, -0.2) is 0 Å². The van der Waals surface area contributed by atoms with Gasteiger partial charge in [0.1, 0.15) is 0 Å². The van der Waals surface area contributed by atoms with Crippen molar-refractivity contribution in [3.8, 4) is 0 Å². The van der Waals surface area contributed by atoms with E-state index >= 15 is 0 Å². The number of hydrogen-bond acceptors (Lipinski definition) is 2. The number of carbonyl (C=O) groups excluding carboxylic acids is 1. The van der Waals surface area contributed by atoms with Gasteiger partial charge in [-0.15, -0.1) is 0 Å². The minimum atomic E-state index is 0.101. The third-order valence-electron chi connectivity index (χ3n) is 4.39. The molecule has 2 rings (SSSR count). The lowest BCUT2D eigenvalue weighted by atomic mass is 9.98. The predicted molar refractivity (Wildman–Crippen MR) is 69.9 cm³/mol. The molecular weight excluding hydrogens is 212 g/mol. The van der Waals surface area contributed by atoms with E-state index in [1.807, 2.05) is 0 Å². The van der Waals surface area contributed by atoms with E-state index in [4.69, 9.17) is 0 Å². The highest BCUT2D eigenvalue weighted by atomic mass is 16.2. The Hall–Kier alpha value is -0.570. The Bertz CT molecular complexity index is 253. The zero-order valence-corrected chi connectivity index (χ0v) is 11.3. The van der Waals surface area contributed by atoms with Gasteiger partial charge in [-0.2, -0.15) is 0 Å². The maximum Gasteiger partial charge on any atom is 0.239 e. The molecule has 2 saturated heterocycles. The minimum absolute atomic E-state index is 0.101. The molecule has 0 bridgehead atoms. The van der Waals surface area contributed by atoms with Crippen LogP contribution in [0.1, 0.15) is 46.0 Å². The van der Waals surface area contributed by atoms with Crippen LogP contribution >= 0.6 is 0 Å². The van der Waals surface area contributed by atoms with Crippen molar-refractivity contribution < 1.29 is 4.79 Å². The smallest absolute Gasteiger partial charge is 0.239 e. The molecule has 0 saturated carbocycles. The van der Waals surface area contributed by atoms with Crippen molar-refractivity contribution in [2.45, 2.75) is 52.0 Å². The Morgan fingerprint density at radius 1 is 1.06 bits per heavy atom. The largest absolute Gasteiger partial charge is 0.341 e. The molecule has 3 heteroatoms. The molecule has 2 fully saturated rings. The van der Waals surface area contributed by atoms with Crippen molar-refractivity contribution in [2.75, 3.05) is 26.2 Å². The fourth-order valence-corrected chi connectivity index (χ4v) is 2.96. The van der Waals surface area contributed by atoms with Crippen molar-refractivity contribution in [3.63, 3.8) is 0 Å². The molecule has 1 amide bonds. The quantitative estimate of drug-likeness (QED) is 0.735. The highest BCUT2D eigenvalue weighted by Crippen LogP contribution is 2.19. The van der Waals surface area contributed by atoms with Gasteiger partial charge in [-0.3, -0.25) is 9.69 Å². The van der Waals surface area contributed by atoms with Gasteiger partial charge in [-0.1, -0.05) is 13.3 Å². The molecule has 3 nitrogen and oxygen atoms in total. The van der Waals surface area contributed by atoms with Gasteiger partial charge in [0, 0.05) is 13.1 Å². The number of hydrogen-bond donors (Lipinski definition) is 0. The second kappa shape index (κ2) is 5.85. The molecule has 2 aliphatic heterocycles. The summed E-state index contributed by atoms with van der Waals surface area (Å²) in [5.41, 5.74) is 0. The molecule has 0 aromatic rings. The number of amides is 1. The van der Waals surface area contributed by atoms with Crippen LogP contribution in [0.3, 0.4) is 0 Å². The molecule has 0 radical (unpaired) electrons. The Morgan fingerprint density at radius 2 is 1.65 bits per heavy atom. The lowest BCUT2D eigenvalue weighted by Gasteiger charge is -2.37. The molecule has 0 aromatic carbocycles. The normalized spacial score (nSPS) is 25.9. The van der Waals surface area contributed by atoms with Gasteiger partial charge in [0.05, 0.1) is 6.04 Å². The highest BCUT2D eigenvalue weighted by Gasteiger charge is 2.28. The summed E-state index contributed by atoms with van der Waals surface area (Å²) in [5, 5.41) is 0. The average Bonchev–Trinajstić information content (AvgIpc) is 2.39. The summed E-state index contributed by atoms with van der Waals surface area (Å²) < 4.78 is 0. The fraction of sp³-hybridized carbons (Fsp3) is 0.929. The van der Waals surface area contributed by atoms with Crippen molar-refractivity contribution in [3.05, 3.63) is 0 Å². The second-order valence-corrected chi connectivity index (χ2v) is 5.78. The van der Waals surface area contributed by atoms with E-state index in [2.05, 4.69) is 23.6 Å². The molecule has 98 valence electrons. The number of nitrogens with zero attached hydrogens (tertiary/aromatic N) is 2. The third kappa shape index (κ3) is 3.21. The van der Waals surface area contributed by atoms with Crippen LogP contribution in [0.25, 0.3) is 0 Å². The summed E-state index contributed by atoms with van der Waals surface area (Å²) in [7, 11) is 0. The summed E-state index contributed by atoms with van der Waals surface area (Å²) in [6, 6.07) is 0.101. The van der Waals surface area contributed by atoms with E-state index in [9.17, 15) is 4.79 Å². The maximum absolute atomic E-state index is 12.4. The molecule has 1 unspecified atom stereocenters. The first-order valence-corrected chi connectivity index (χ1v) is 7.21. The van der Waals surface area contributed by atoms with Gasteiger partial charge < -0.3 is 4.90 Å². The van der Waals surface area contributed by atoms with Gasteiger partial charge >= 0.3 is 0 Å². The van der Waals surface area contributed by atoms with E-state index in [-0.39, 0.29) is 6.04 Å². The van der Waals surface area contributed by atoms with E-state index < -0.39 is 0 Å². The third-order valence-corrected chi connectivity index (χ3v) is 4.39. The molecule has 0 aromatic heterocycles. The zero-order valence-electron chi connectivity index (χ0n) is 11.3. The van der Waals surface area contributed by atoms with Gasteiger partial charge in [0.15, 0.2) is 0 Å². The van der Waals surface area contributed by atoms with Crippen LogP contribution in [0, 0.1) is 5.92 Å². The van der Waals surface area contributed by atoms with E-state index in [0.717, 1.165) is 32.1 Å². The monoisotopic (exact) mass is 238 g/mol. The number of piperidine rings is 2. The molecule has 0 aliphatic carbocycles. The average molecular weight is 238 g/mol. The lowest BCUT2D eigenvalue weighted by molar-refractivity contribution is -0.138. The van der Waals surface area contributed by atoms with Gasteiger partial charge in [0.25, 0.3) is 0 Å². The molecule has 2 heterocycles. The van der Waals surface area contributed by atoms with Crippen molar-refractivity contribution in [1.29, 1.82) is 0 Å². The Morgan fingerprint density at radius 3 is 2.24 bits per heavy atom. The summed E-state index contributed by atoms with van der Waals surface area (Å²) in [5.74, 6) is 1.16. The topological polar surface area (TPSA) is 23.6 Å². The first kappa shape index (κ1) is 12.9. The number of carbonyl (C=O) groups is 1. The van der Waals surface area contributed by atoms with Crippen LogP contribution in [0.5, 0.6) is 0 Å². The first-order valence-electron chi connectivity index (χ1n) is 7.21. The summed E-state index contributed by atoms with van der Waals surface area (Å²) in [6.07, 6.45) is 6.21. The maximum atomic E-state index is 12.4. The Labute approximate surface area is 105 Å². The molecule has 0 N–H and O–H groups in total. The summed E-state index contributed by atoms with van der Waals surface area (Å²) in [4.78, 5) is 16.8. The minimum Gasteiger partial charge on any atom is -0.341 e. The van der Waals surface area contributed by atoms with Crippen molar-refractivity contribution in [2.24, 2.45) is 5.92 Å². The lowest BCUT2D eigenvalue weighted by Crippen LogP contribution is -2.50. The van der Waals surface area contributed by atoms with Crippen LogP contribution in [0.2, 0.25) is 0 Å². The SMILES string of the molecule is CC1CCN(C(=O)C(C)N2CCCCC2)CC1. The van der Waals surface area contributed by atoms with Gasteiger partial charge in [-0.05, 0) is 51.6 Å². The second-order valence-electron chi connectivity index (χ2n) is 5.78. The van der Waals surface area contributed by atoms with Gasteiger partial charge in [0.2, 0.25) is 5.91 Å². The zero-order chi connectivity index (χ0) is 12.3. The molecule has 0 spiro atoms. The first-order chi connectivity index (χ1) is 8.18. The summed E-state index contributed by atoms with van der Waals surface area (Å²) >= 11 is 0. The molecule has 2 aliphatic rings. The van der Waals surface area contributed by atoms with Crippen LogP contribution in [-0.2, 0) is 4.79 Å². The van der Waals surface area contributed by atoms with Crippen molar-refractivity contribution >= 4 is 5.91 Å².